The second-order valence-electron chi connectivity index (χ2n) is 9.70. The average Bonchev–Trinajstić information content (AvgIpc) is 2.77. The fourth-order valence-electron chi connectivity index (χ4n) is 5.14. The van der Waals surface area contributed by atoms with Gasteiger partial charge in [-0.2, -0.15) is 4.31 Å². The van der Waals surface area contributed by atoms with Gasteiger partial charge in [-0.1, -0.05) is 30.3 Å². The number of carbonyl (C=O) groups excluding carboxylic acids is 1. The number of hydrogen-bond donors (Lipinski definition) is 2. The third-order valence-corrected chi connectivity index (χ3v) is 8.31. The number of anilines is 1. The second-order valence-corrected chi connectivity index (χ2v) is 11.7. The molecule has 34 heavy (non-hydrogen) atoms. The van der Waals surface area contributed by atoms with Crippen LogP contribution in [-0.2, 0) is 29.4 Å². The van der Waals surface area contributed by atoms with Crippen molar-refractivity contribution in [1.82, 2.24) is 14.1 Å². The molecule has 8 nitrogen and oxygen atoms in total. The molecule has 0 aromatic heterocycles. The highest BCUT2D eigenvalue weighted by Crippen LogP contribution is 2.25. The first-order valence-electron chi connectivity index (χ1n) is 11.9. The molecule has 2 aromatic rings. The van der Waals surface area contributed by atoms with Gasteiger partial charge in [-0.3, -0.25) is 9.69 Å². The van der Waals surface area contributed by atoms with Gasteiger partial charge < -0.3 is 15.3 Å². The molecule has 0 aliphatic carbocycles. The van der Waals surface area contributed by atoms with Crippen LogP contribution in [0.1, 0.15) is 27.0 Å². The van der Waals surface area contributed by atoms with E-state index in [4.69, 9.17) is 0 Å². The van der Waals surface area contributed by atoms with E-state index in [0.717, 1.165) is 37.2 Å². The van der Waals surface area contributed by atoms with Gasteiger partial charge in [0, 0.05) is 57.1 Å². The lowest BCUT2D eigenvalue weighted by Gasteiger charge is -2.38. The number of aliphatic hydroxyl groups is 1. The minimum Gasteiger partial charge on any atom is -0.390 e. The molecule has 182 valence electrons. The number of rotatable bonds is 7. The molecule has 1 unspecified atom stereocenters. The molecule has 1 amide bonds. The summed E-state index contributed by atoms with van der Waals surface area (Å²) in [5, 5.41) is 14.1. The Hall–Kier alpha value is -2.46. The molecule has 0 spiro atoms. The van der Waals surface area contributed by atoms with Crippen molar-refractivity contribution >= 4 is 21.6 Å². The van der Waals surface area contributed by atoms with Gasteiger partial charge in [-0.05, 0) is 41.7 Å². The molecule has 0 bridgehead atoms. The quantitative estimate of drug-likeness (QED) is 0.613. The Labute approximate surface area is 201 Å². The Balaban J connectivity index is 1.17. The largest absolute Gasteiger partial charge is 0.390 e. The summed E-state index contributed by atoms with van der Waals surface area (Å²) < 4.78 is 24.6. The van der Waals surface area contributed by atoms with Crippen molar-refractivity contribution in [2.45, 2.75) is 31.5 Å². The van der Waals surface area contributed by atoms with E-state index >= 15 is 0 Å². The highest BCUT2D eigenvalue weighted by Gasteiger charge is 2.33. The molecule has 1 saturated heterocycles. The summed E-state index contributed by atoms with van der Waals surface area (Å²) in [6.07, 6.45) is 2.36. The Morgan fingerprint density at radius 1 is 1.03 bits per heavy atom. The molecular formula is C25H32N4O4S. The monoisotopic (exact) mass is 484 g/mol. The molecule has 1 atom stereocenters. The summed E-state index contributed by atoms with van der Waals surface area (Å²) in [4.78, 5) is 17.2. The first-order chi connectivity index (χ1) is 16.3. The van der Waals surface area contributed by atoms with Crippen LogP contribution in [0.25, 0.3) is 0 Å². The molecule has 0 radical (unpaired) electrons. The van der Waals surface area contributed by atoms with Crippen LogP contribution in [0.3, 0.4) is 0 Å². The van der Waals surface area contributed by atoms with Crippen LogP contribution in [0.5, 0.6) is 0 Å². The van der Waals surface area contributed by atoms with E-state index in [2.05, 4.69) is 34.5 Å². The van der Waals surface area contributed by atoms with Crippen LogP contribution >= 0.6 is 0 Å². The van der Waals surface area contributed by atoms with E-state index in [1.165, 1.54) is 21.7 Å². The maximum atomic E-state index is 13.2. The lowest BCUT2D eigenvalue weighted by atomic mass is 9.97. The molecular weight excluding hydrogens is 452 g/mol. The molecule has 1 fully saturated rings. The van der Waals surface area contributed by atoms with Gasteiger partial charge in [0.15, 0.2) is 0 Å². The van der Waals surface area contributed by atoms with Crippen molar-refractivity contribution in [3.05, 3.63) is 64.7 Å². The Morgan fingerprint density at radius 3 is 2.53 bits per heavy atom. The molecule has 5 rings (SSSR count). The smallest absolute Gasteiger partial charge is 0.254 e. The van der Waals surface area contributed by atoms with Crippen LogP contribution in [0.15, 0.2) is 42.5 Å². The van der Waals surface area contributed by atoms with Gasteiger partial charge >= 0.3 is 0 Å². The maximum Gasteiger partial charge on any atom is 0.254 e. The number of benzene rings is 2. The zero-order chi connectivity index (χ0) is 23.9. The van der Waals surface area contributed by atoms with Crippen LogP contribution < -0.4 is 5.32 Å². The molecule has 2 N–H and O–H groups in total. The molecule has 0 saturated carbocycles. The zero-order valence-electron chi connectivity index (χ0n) is 19.5. The van der Waals surface area contributed by atoms with Gasteiger partial charge in [-0.15, -0.1) is 0 Å². The minimum atomic E-state index is -3.15. The number of hydrogen-bond acceptors (Lipinski definition) is 6. The molecule has 3 heterocycles. The lowest BCUT2D eigenvalue weighted by Crippen LogP contribution is -2.56. The van der Waals surface area contributed by atoms with E-state index in [9.17, 15) is 18.3 Å². The number of amides is 1. The second kappa shape index (κ2) is 9.30. The number of sulfonamides is 1. The maximum absolute atomic E-state index is 13.2. The van der Waals surface area contributed by atoms with Gasteiger partial charge in [0.25, 0.3) is 5.91 Å². The van der Waals surface area contributed by atoms with Crippen molar-refractivity contribution in [2.24, 2.45) is 0 Å². The van der Waals surface area contributed by atoms with Crippen LogP contribution in [0.2, 0.25) is 0 Å². The predicted octanol–water partition coefficient (Wildman–Crippen LogP) is 1.16. The summed E-state index contributed by atoms with van der Waals surface area (Å²) in [7, 11) is -3.15. The zero-order valence-corrected chi connectivity index (χ0v) is 20.3. The first kappa shape index (κ1) is 23.3. The Morgan fingerprint density at radius 2 is 1.76 bits per heavy atom. The number of nitrogens with zero attached hydrogens (tertiary/aromatic N) is 3. The normalized spacial score (nSPS) is 20.4. The summed E-state index contributed by atoms with van der Waals surface area (Å²) in [5.41, 5.74) is 5.19. The average molecular weight is 485 g/mol. The topological polar surface area (TPSA) is 93.2 Å². The van der Waals surface area contributed by atoms with E-state index < -0.39 is 16.1 Å². The van der Waals surface area contributed by atoms with Gasteiger partial charge in [0.05, 0.1) is 18.4 Å². The number of aliphatic hydroxyl groups excluding tert-OH is 1. The Kier molecular flexibility index (Phi) is 6.37. The lowest BCUT2D eigenvalue weighted by molar-refractivity contribution is 0.0493. The third-order valence-electron chi connectivity index (χ3n) is 7.08. The molecule has 2 aromatic carbocycles. The first-order valence-corrected chi connectivity index (χ1v) is 13.7. The SMILES string of the molecule is CS(=O)(=O)N1CC(Nc2ccc3c(c2)C(=O)N(CC(O)CN2CCc4ccccc4C2)CC3)C1. The van der Waals surface area contributed by atoms with Gasteiger partial charge in [-0.25, -0.2) is 8.42 Å². The Bertz CT molecular complexity index is 1180. The van der Waals surface area contributed by atoms with Crippen LogP contribution in [0, 0.1) is 0 Å². The standard InChI is InChI=1S/C25H32N4O4S/c1-34(32,33)29-14-22(15-29)26-21-7-6-19-9-11-28(25(31)24(19)12-21)17-23(30)16-27-10-8-18-4-2-3-5-20(18)13-27/h2-7,12,22-23,26,30H,8-11,13-17H2,1H3. The predicted molar refractivity (Wildman–Crippen MR) is 131 cm³/mol. The van der Waals surface area contributed by atoms with Crippen molar-refractivity contribution in [1.29, 1.82) is 0 Å². The summed E-state index contributed by atoms with van der Waals surface area (Å²) in [5.74, 6) is -0.0562. The number of nitrogens with one attached hydrogen (secondary N) is 1. The van der Waals surface area contributed by atoms with E-state index in [0.29, 0.717) is 38.3 Å². The fourth-order valence-corrected chi connectivity index (χ4v) is 6.04. The van der Waals surface area contributed by atoms with Gasteiger partial charge in [0.2, 0.25) is 10.0 Å². The summed E-state index contributed by atoms with van der Waals surface area (Å²) >= 11 is 0. The van der Waals surface area contributed by atoms with Crippen molar-refractivity contribution < 1.29 is 18.3 Å². The van der Waals surface area contributed by atoms with Crippen LogP contribution in [-0.4, -0.2) is 91.2 Å². The minimum absolute atomic E-state index is 0.0408. The van der Waals surface area contributed by atoms with E-state index in [-0.39, 0.29) is 11.9 Å². The highest BCUT2D eigenvalue weighted by molar-refractivity contribution is 7.88. The summed E-state index contributed by atoms with van der Waals surface area (Å²) in [6, 6.07) is 14.3. The van der Waals surface area contributed by atoms with Crippen molar-refractivity contribution in [3.8, 4) is 0 Å². The fraction of sp³-hybridized carbons (Fsp3) is 0.480. The number of fused-ring (bicyclic) bond motifs is 2. The van der Waals surface area contributed by atoms with Gasteiger partial charge in [0.1, 0.15) is 0 Å². The highest BCUT2D eigenvalue weighted by atomic mass is 32.2. The van der Waals surface area contributed by atoms with E-state index in [1.807, 2.05) is 18.2 Å². The molecule has 3 aliphatic rings. The molecule has 3 aliphatic heterocycles. The number of β-amino-alcohol motifs (C(OH)–C–C–N with tert-alkyl or cyclic N) is 1. The number of carbonyl (C=O) groups is 1. The van der Waals surface area contributed by atoms with Crippen LogP contribution in [0.4, 0.5) is 5.69 Å². The van der Waals surface area contributed by atoms with Crippen molar-refractivity contribution in [2.75, 3.05) is 50.8 Å². The van der Waals surface area contributed by atoms with Crippen molar-refractivity contribution in [3.63, 3.8) is 0 Å². The summed E-state index contributed by atoms with van der Waals surface area (Å²) in [6.45, 7) is 4.08. The molecule has 9 heteroatoms. The van der Waals surface area contributed by atoms with E-state index in [1.54, 1.807) is 4.90 Å². The third kappa shape index (κ3) is 4.98.